The van der Waals surface area contributed by atoms with Gasteiger partial charge in [0.05, 0.1) is 10.9 Å². The summed E-state index contributed by atoms with van der Waals surface area (Å²) in [4.78, 5) is 27.8. The summed E-state index contributed by atoms with van der Waals surface area (Å²) in [7, 11) is 0. The number of amides is 1. The van der Waals surface area contributed by atoms with Crippen molar-refractivity contribution in [2.45, 2.75) is 44.4 Å². The highest BCUT2D eigenvalue weighted by Gasteiger charge is 2.28. The summed E-state index contributed by atoms with van der Waals surface area (Å²) in [5, 5.41) is 7.74. The van der Waals surface area contributed by atoms with Gasteiger partial charge in [-0.05, 0) is 30.5 Å². The summed E-state index contributed by atoms with van der Waals surface area (Å²) in [5.41, 5.74) is 1.82. The number of carbonyl (C=O) groups is 1. The van der Waals surface area contributed by atoms with E-state index in [0.717, 1.165) is 61.1 Å². The second-order valence-electron chi connectivity index (χ2n) is 8.22. The van der Waals surface area contributed by atoms with Crippen molar-refractivity contribution in [3.05, 3.63) is 53.3 Å². The van der Waals surface area contributed by atoms with Gasteiger partial charge in [-0.2, -0.15) is 0 Å². The Morgan fingerprint density at radius 3 is 2.72 bits per heavy atom. The van der Waals surface area contributed by atoms with Crippen molar-refractivity contribution in [1.29, 1.82) is 0 Å². The Balaban J connectivity index is 1.23. The molecule has 1 aliphatic carbocycles. The Morgan fingerprint density at radius 1 is 1.12 bits per heavy atom. The van der Waals surface area contributed by atoms with Gasteiger partial charge < -0.3 is 20.3 Å². The minimum atomic E-state index is -0.292. The van der Waals surface area contributed by atoms with Gasteiger partial charge in [-0.15, -0.1) is 0 Å². The zero-order chi connectivity index (χ0) is 21.9. The number of ether oxygens (including phenoxy) is 1. The zero-order valence-electron chi connectivity index (χ0n) is 17.6. The van der Waals surface area contributed by atoms with E-state index in [0.29, 0.717) is 23.6 Å². The summed E-state index contributed by atoms with van der Waals surface area (Å²) in [6.07, 6.45) is 6.89. The number of alkyl carbamates (subject to hydrolysis) is 1. The van der Waals surface area contributed by atoms with Crippen molar-refractivity contribution in [2.75, 3.05) is 23.3 Å². The predicted octanol–water partition coefficient (Wildman–Crippen LogP) is 4.15. The minimum absolute atomic E-state index is 0.0585. The maximum Gasteiger partial charge on any atom is 0.407 e. The molecule has 0 bridgehead atoms. The number of anilines is 2. The molecule has 2 N–H and O–H groups in total. The molecule has 2 fully saturated rings. The van der Waals surface area contributed by atoms with Crippen LogP contribution < -0.4 is 15.5 Å². The standard InChI is InChI=1S/C23H25ClN6O2/c24-19-4-2-1-3-15(19)13-26-22-27-14-18-20(29-22)7-10-25-21(18)30-11-8-17(9-12-30)32-23(31)28-16-5-6-16/h1-4,7,10,14,16-17H,5-6,8-9,11-13H2,(H,28,31)(H,26,27,29). The van der Waals surface area contributed by atoms with Crippen LogP contribution in [0.3, 0.4) is 0 Å². The van der Waals surface area contributed by atoms with E-state index < -0.39 is 0 Å². The van der Waals surface area contributed by atoms with Crippen LogP contribution in [0, 0.1) is 0 Å². The van der Waals surface area contributed by atoms with E-state index in [1.807, 2.05) is 36.5 Å². The van der Waals surface area contributed by atoms with Gasteiger partial charge in [0.15, 0.2) is 0 Å². The maximum absolute atomic E-state index is 11.9. The van der Waals surface area contributed by atoms with Crippen LogP contribution in [0.2, 0.25) is 5.02 Å². The highest BCUT2D eigenvalue weighted by atomic mass is 35.5. The lowest BCUT2D eigenvalue weighted by Crippen LogP contribution is -2.40. The summed E-state index contributed by atoms with van der Waals surface area (Å²) in [6, 6.07) is 9.90. The number of carbonyl (C=O) groups excluding carboxylic acids is 1. The SMILES string of the molecule is O=C(NC1CC1)OC1CCN(c2nccc3nc(NCc4ccccc4Cl)ncc23)CC1. The molecule has 3 aromatic rings. The Morgan fingerprint density at radius 2 is 1.94 bits per heavy atom. The molecule has 1 aliphatic heterocycles. The molecule has 3 heterocycles. The lowest BCUT2D eigenvalue weighted by Gasteiger charge is -2.32. The number of nitrogens with one attached hydrogen (secondary N) is 2. The molecule has 2 aromatic heterocycles. The van der Waals surface area contributed by atoms with Crippen LogP contribution >= 0.6 is 11.6 Å². The van der Waals surface area contributed by atoms with Crippen LogP contribution in [-0.2, 0) is 11.3 Å². The first-order valence-corrected chi connectivity index (χ1v) is 11.3. The van der Waals surface area contributed by atoms with Gasteiger partial charge >= 0.3 is 6.09 Å². The van der Waals surface area contributed by atoms with Gasteiger partial charge in [0, 0.05) is 55.9 Å². The highest BCUT2D eigenvalue weighted by molar-refractivity contribution is 6.31. The molecule has 166 valence electrons. The van der Waals surface area contributed by atoms with Gasteiger partial charge in [0.1, 0.15) is 11.9 Å². The molecule has 5 rings (SSSR count). The van der Waals surface area contributed by atoms with Gasteiger partial charge in [-0.25, -0.2) is 19.7 Å². The lowest BCUT2D eigenvalue weighted by atomic mass is 10.1. The molecule has 8 nitrogen and oxygen atoms in total. The highest BCUT2D eigenvalue weighted by Crippen LogP contribution is 2.27. The molecule has 9 heteroatoms. The first-order chi connectivity index (χ1) is 15.7. The Hall–Kier alpha value is -3.13. The number of hydrogen-bond donors (Lipinski definition) is 2. The van der Waals surface area contributed by atoms with Crippen LogP contribution in [0.4, 0.5) is 16.6 Å². The summed E-state index contributed by atoms with van der Waals surface area (Å²) < 4.78 is 5.56. The normalized spacial score (nSPS) is 16.7. The molecular formula is C23H25ClN6O2. The fourth-order valence-corrected chi connectivity index (χ4v) is 4.06. The van der Waals surface area contributed by atoms with Crippen LogP contribution in [0.5, 0.6) is 0 Å². The first kappa shape index (κ1) is 20.8. The molecule has 1 amide bonds. The molecule has 1 saturated heterocycles. The molecule has 1 saturated carbocycles. The van der Waals surface area contributed by atoms with Gasteiger partial charge in [0.25, 0.3) is 0 Å². The van der Waals surface area contributed by atoms with E-state index in [9.17, 15) is 4.79 Å². The van der Waals surface area contributed by atoms with Crippen molar-refractivity contribution in [2.24, 2.45) is 0 Å². The Labute approximate surface area is 191 Å². The predicted molar refractivity (Wildman–Crippen MR) is 124 cm³/mol. The maximum atomic E-state index is 11.9. The van der Waals surface area contributed by atoms with Crippen LogP contribution in [0.1, 0.15) is 31.2 Å². The average molecular weight is 453 g/mol. The number of rotatable bonds is 6. The van der Waals surface area contributed by atoms with Crippen molar-refractivity contribution < 1.29 is 9.53 Å². The third-order valence-corrected chi connectivity index (χ3v) is 6.17. The number of pyridine rings is 1. The summed E-state index contributed by atoms with van der Waals surface area (Å²) in [6.45, 7) is 2.07. The molecule has 0 unspecified atom stereocenters. The van der Waals surface area contributed by atoms with Crippen molar-refractivity contribution in [3.8, 4) is 0 Å². The molecule has 0 atom stereocenters. The van der Waals surface area contributed by atoms with Gasteiger partial charge in [-0.3, -0.25) is 0 Å². The second-order valence-corrected chi connectivity index (χ2v) is 8.62. The van der Waals surface area contributed by atoms with E-state index in [1.54, 1.807) is 6.20 Å². The van der Waals surface area contributed by atoms with Crippen LogP contribution in [0.25, 0.3) is 10.9 Å². The fraction of sp³-hybridized carbons (Fsp3) is 0.391. The molecule has 2 aliphatic rings. The van der Waals surface area contributed by atoms with Crippen molar-refractivity contribution >= 4 is 40.4 Å². The summed E-state index contributed by atoms with van der Waals surface area (Å²) >= 11 is 6.23. The fourth-order valence-electron chi connectivity index (χ4n) is 3.86. The van der Waals surface area contributed by atoms with E-state index in [1.165, 1.54) is 0 Å². The largest absolute Gasteiger partial charge is 0.446 e. The van der Waals surface area contributed by atoms with E-state index in [4.69, 9.17) is 16.3 Å². The Bertz CT molecular complexity index is 1110. The average Bonchev–Trinajstić information content (AvgIpc) is 3.62. The quantitative estimate of drug-likeness (QED) is 0.580. The molecular weight excluding hydrogens is 428 g/mol. The second kappa shape index (κ2) is 9.16. The lowest BCUT2D eigenvalue weighted by molar-refractivity contribution is 0.0828. The van der Waals surface area contributed by atoms with Crippen LogP contribution in [-0.4, -0.2) is 46.3 Å². The van der Waals surface area contributed by atoms with Crippen molar-refractivity contribution in [1.82, 2.24) is 20.3 Å². The number of nitrogens with zero attached hydrogens (tertiary/aromatic N) is 4. The number of benzene rings is 1. The summed E-state index contributed by atoms with van der Waals surface area (Å²) in [5.74, 6) is 1.41. The minimum Gasteiger partial charge on any atom is -0.446 e. The Kier molecular flexibility index (Phi) is 5.94. The number of piperidine rings is 1. The van der Waals surface area contributed by atoms with Crippen LogP contribution in [0.15, 0.2) is 42.7 Å². The van der Waals surface area contributed by atoms with E-state index >= 15 is 0 Å². The molecule has 1 aromatic carbocycles. The van der Waals surface area contributed by atoms with E-state index in [2.05, 4.69) is 30.5 Å². The zero-order valence-corrected chi connectivity index (χ0v) is 18.4. The van der Waals surface area contributed by atoms with E-state index in [-0.39, 0.29) is 12.2 Å². The van der Waals surface area contributed by atoms with Gasteiger partial charge in [0.2, 0.25) is 5.95 Å². The first-order valence-electron chi connectivity index (χ1n) is 11.0. The molecule has 0 radical (unpaired) electrons. The van der Waals surface area contributed by atoms with Gasteiger partial charge in [-0.1, -0.05) is 29.8 Å². The number of halogens is 1. The number of hydrogen-bond acceptors (Lipinski definition) is 7. The molecule has 0 spiro atoms. The third-order valence-electron chi connectivity index (χ3n) is 5.80. The number of fused-ring (bicyclic) bond motifs is 1. The molecule has 32 heavy (non-hydrogen) atoms. The topological polar surface area (TPSA) is 92.3 Å². The number of aromatic nitrogens is 3. The smallest absolute Gasteiger partial charge is 0.407 e. The van der Waals surface area contributed by atoms with Crippen molar-refractivity contribution in [3.63, 3.8) is 0 Å². The third kappa shape index (κ3) is 4.85. The monoisotopic (exact) mass is 452 g/mol.